The Balaban J connectivity index is 1.53. The Bertz CT molecular complexity index is 1060. The van der Waals surface area contributed by atoms with E-state index in [9.17, 15) is 13.2 Å². The molecule has 7 nitrogen and oxygen atoms in total. The molecule has 1 amide bonds. The normalized spacial score (nSPS) is 17.5. The first-order valence-corrected chi connectivity index (χ1v) is 11.6. The van der Waals surface area contributed by atoms with Gasteiger partial charge in [0, 0.05) is 18.7 Å². The molecule has 1 atom stereocenters. The Kier molecular flexibility index (Phi) is 5.71. The summed E-state index contributed by atoms with van der Waals surface area (Å²) in [6.07, 6.45) is 1.73. The first-order chi connectivity index (χ1) is 14.4. The number of nitrogens with one attached hydrogen (secondary N) is 1. The summed E-state index contributed by atoms with van der Waals surface area (Å²) in [7, 11) is -3.59. The molecule has 2 aliphatic rings. The Hall–Kier alpha value is -2.58. The van der Waals surface area contributed by atoms with Crippen LogP contribution in [0.15, 0.2) is 41.3 Å². The molecule has 160 valence electrons. The number of aryl methyl sites for hydroxylation is 1. The van der Waals surface area contributed by atoms with Crippen LogP contribution in [0.1, 0.15) is 47.3 Å². The van der Waals surface area contributed by atoms with Gasteiger partial charge in [0.15, 0.2) is 11.5 Å². The van der Waals surface area contributed by atoms with Crippen LogP contribution in [0.3, 0.4) is 0 Å². The van der Waals surface area contributed by atoms with Gasteiger partial charge in [0.05, 0.1) is 10.9 Å². The van der Waals surface area contributed by atoms with Crippen LogP contribution in [0, 0.1) is 6.92 Å². The van der Waals surface area contributed by atoms with E-state index >= 15 is 0 Å². The lowest BCUT2D eigenvalue weighted by molar-refractivity contribution is 0.0939. The van der Waals surface area contributed by atoms with E-state index in [1.807, 2.05) is 25.1 Å². The average Bonchev–Trinajstić information content (AvgIpc) is 3.29. The van der Waals surface area contributed by atoms with Crippen LogP contribution >= 0.6 is 0 Å². The maximum Gasteiger partial charge on any atom is 0.251 e. The van der Waals surface area contributed by atoms with E-state index in [-0.39, 0.29) is 16.8 Å². The molecule has 30 heavy (non-hydrogen) atoms. The van der Waals surface area contributed by atoms with Gasteiger partial charge in [0.1, 0.15) is 13.2 Å². The lowest BCUT2D eigenvalue weighted by atomic mass is 10.1. The molecule has 2 aromatic rings. The molecule has 0 radical (unpaired) electrons. The van der Waals surface area contributed by atoms with Crippen molar-refractivity contribution < 1.29 is 22.7 Å². The fraction of sp³-hybridized carbons (Fsp3) is 0.409. The average molecular weight is 431 g/mol. The Morgan fingerprint density at radius 2 is 1.73 bits per heavy atom. The standard InChI is InChI=1S/C22H26N2O5S/c1-15-5-6-18(14-21(15)30(26,27)24-9-3-4-10-24)22(25)23-16(2)17-7-8-19-20(13-17)29-12-11-28-19/h5-8,13-14,16H,3-4,9-12H2,1-2H3,(H,23,25)/t16-/m1/s1. The second kappa shape index (κ2) is 8.28. The molecule has 0 aromatic heterocycles. The van der Waals surface area contributed by atoms with Gasteiger partial charge in [-0.2, -0.15) is 4.31 Å². The number of carbonyl (C=O) groups excluding carboxylic acids is 1. The van der Waals surface area contributed by atoms with Gasteiger partial charge in [0.25, 0.3) is 5.91 Å². The van der Waals surface area contributed by atoms with Crippen molar-refractivity contribution in [1.29, 1.82) is 0 Å². The number of nitrogens with zero attached hydrogens (tertiary/aromatic N) is 1. The molecule has 0 bridgehead atoms. The first kappa shape index (κ1) is 20.7. The summed E-state index contributed by atoms with van der Waals surface area (Å²) >= 11 is 0. The van der Waals surface area contributed by atoms with Gasteiger partial charge in [-0.25, -0.2) is 8.42 Å². The van der Waals surface area contributed by atoms with Gasteiger partial charge in [-0.05, 0) is 62.1 Å². The van der Waals surface area contributed by atoms with Gasteiger partial charge in [-0.15, -0.1) is 0 Å². The van der Waals surface area contributed by atoms with E-state index < -0.39 is 10.0 Å². The molecule has 0 unspecified atom stereocenters. The van der Waals surface area contributed by atoms with Crippen LogP contribution < -0.4 is 14.8 Å². The number of hydrogen-bond donors (Lipinski definition) is 1. The third kappa shape index (κ3) is 4.02. The number of amides is 1. The maximum atomic E-state index is 13.0. The molecular weight excluding hydrogens is 404 g/mol. The largest absolute Gasteiger partial charge is 0.486 e. The molecule has 0 saturated carbocycles. The summed E-state index contributed by atoms with van der Waals surface area (Å²) in [5.41, 5.74) is 1.84. The fourth-order valence-corrected chi connectivity index (χ4v) is 5.55. The predicted octanol–water partition coefficient (Wildman–Crippen LogP) is 3.04. The SMILES string of the molecule is Cc1ccc(C(=O)N[C@H](C)c2ccc3c(c2)OCCO3)cc1S(=O)(=O)N1CCCC1. The van der Waals surface area contributed by atoms with Crippen molar-refractivity contribution in [2.45, 2.75) is 37.6 Å². The molecule has 2 aromatic carbocycles. The molecule has 2 heterocycles. The van der Waals surface area contributed by atoms with Gasteiger partial charge in [0.2, 0.25) is 10.0 Å². The Labute approximate surface area is 177 Å². The van der Waals surface area contributed by atoms with Crippen LogP contribution in [-0.2, 0) is 10.0 Å². The van der Waals surface area contributed by atoms with Crippen molar-refractivity contribution >= 4 is 15.9 Å². The highest BCUT2D eigenvalue weighted by Crippen LogP contribution is 2.32. The second-order valence-corrected chi connectivity index (χ2v) is 9.60. The molecule has 8 heteroatoms. The van der Waals surface area contributed by atoms with E-state index in [2.05, 4.69) is 5.32 Å². The van der Waals surface area contributed by atoms with Crippen LogP contribution in [0.5, 0.6) is 11.5 Å². The summed E-state index contributed by atoms with van der Waals surface area (Å²) in [5, 5.41) is 2.94. The van der Waals surface area contributed by atoms with Crippen molar-refractivity contribution in [2.24, 2.45) is 0 Å². The Morgan fingerprint density at radius 3 is 2.47 bits per heavy atom. The number of sulfonamides is 1. The zero-order valence-electron chi connectivity index (χ0n) is 17.2. The van der Waals surface area contributed by atoms with Gasteiger partial charge >= 0.3 is 0 Å². The number of ether oxygens (including phenoxy) is 2. The second-order valence-electron chi connectivity index (χ2n) is 7.69. The maximum absolute atomic E-state index is 13.0. The molecular formula is C22H26N2O5S. The number of benzene rings is 2. The summed E-state index contributed by atoms with van der Waals surface area (Å²) < 4.78 is 38.6. The monoisotopic (exact) mass is 430 g/mol. The molecule has 4 rings (SSSR count). The summed E-state index contributed by atoms with van der Waals surface area (Å²) in [6.45, 7) is 5.70. The highest BCUT2D eigenvalue weighted by Gasteiger charge is 2.29. The number of hydrogen-bond acceptors (Lipinski definition) is 5. The van der Waals surface area contributed by atoms with E-state index in [4.69, 9.17) is 9.47 Å². The molecule has 1 saturated heterocycles. The van der Waals surface area contributed by atoms with Crippen LogP contribution in [0.2, 0.25) is 0 Å². The van der Waals surface area contributed by atoms with E-state index in [0.29, 0.717) is 48.9 Å². The number of fused-ring (bicyclic) bond motifs is 1. The van der Waals surface area contributed by atoms with Gasteiger partial charge in [-0.1, -0.05) is 12.1 Å². The lowest BCUT2D eigenvalue weighted by Crippen LogP contribution is -2.30. The van der Waals surface area contributed by atoms with Crippen molar-refractivity contribution in [1.82, 2.24) is 9.62 Å². The summed E-state index contributed by atoms with van der Waals surface area (Å²) in [6, 6.07) is 10.1. The minimum Gasteiger partial charge on any atom is -0.486 e. The highest BCUT2D eigenvalue weighted by molar-refractivity contribution is 7.89. The lowest BCUT2D eigenvalue weighted by Gasteiger charge is -2.21. The fourth-order valence-electron chi connectivity index (χ4n) is 3.78. The van der Waals surface area contributed by atoms with E-state index in [0.717, 1.165) is 18.4 Å². The van der Waals surface area contributed by atoms with E-state index in [1.54, 1.807) is 19.1 Å². The first-order valence-electron chi connectivity index (χ1n) is 10.2. The zero-order valence-corrected chi connectivity index (χ0v) is 18.0. The van der Waals surface area contributed by atoms with Crippen molar-refractivity contribution in [3.05, 3.63) is 53.1 Å². The smallest absolute Gasteiger partial charge is 0.251 e. The van der Waals surface area contributed by atoms with E-state index in [1.165, 1.54) is 10.4 Å². The third-order valence-electron chi connectivity index (χ3n) is 5.55. The van der Waals surface area contributed by atoms with Crippen molar-refractivity contribution in [3.63, 3.8) is 0 Å². The van der Waals surface area contributed by atoms with Gasteiger partial charge in [-0.3, -0.25) is 4.79 Å². The van der Waals surface area contributed by atoms with Gasteiger partial charge < -0.3 is 14.8 Å². The zero-order chi connectivity index (χ0) is 21.3. The predicted molar refractivity (Wildman–Crippen MR) is 112 cm³/mol. The number of carbonyl (C=O) groups is 1. The Morgan fingerprint density at radius 1 is 1.03 bits per heavy atom. The topological polar surface area (TPSA) is 84.9 Å². The van der Waals surface area contributed by atoms with Crippen molar-refractivity contribution in [2.75, 3.05) is 26.3 Å². The highest BCUT2D eigenvalue weighted by atomic mass is 32.2. The van der Waals surface area contributed by atoms with Crippen LogP contribution in [0.25, 0.3) is 0 Å². The molecule has 1 N–H and O–H groups in total. The molecule has 1 fully saturated rings. The number of rotatable bonds is 5. The molecule has 0 aliphatic carbocycles. The molecule has 0 spiro atoms. The minimum absolute atomic E-state index is 0.198. The third-order valence-corrected chi connectivity index (χ3v) is 7.59. The van der Waals surface area contributed by atoms with Crippen molar-refractivity contribution in [3.8, 4) is 11.5 Å². The summed E-state index contributed by atoms with van der Waals surface area (Å²) in [5.74, 6) is 1.03. The molecule has 2 aliphatic heterocycles. The van der Waals surface area contributed by atoms with Crippen LogP contribution in [-0.4, -0.2) is 44.9 Å². The quantitative estimate of drug-likeness (QED) is 0.788. The minimum atomic E-state index is -3.59. The summed E-state index contributed by atoms with van der Waals surface area (Å²) in [4.78, 5) is 13.1. The van der Waals surface area contributed by atoms with Crippen LogP contribution in [0.4, 0.5) is 0 Å².